The first-order valence-corrected chi connectivity index (χ1v) is 8.41. The van der Waals surface area contributed by atoms with Crippen molar-refractivity contribution < 1.29 is 9.21 Å². The second-order valence-corrected chi connectivity index (χ2v) is 6.34. The van der Waals surface area contributed by atoms with Crippen molar-refractivity contribution in [3.8, 4) is 0 Å². The molecule has 2 aromatic heterocycles. The van der Waals surface area contributed by atoms with Crippen LogP contribution in [-0.2, 0) is 4.79 Å². The molecule has 1 aliphatic heterocycles. The fourth-order valence-corrected chi connectivity index (χ4v) is 3.16. The maximum Gasteiger partial charge on any atom is 0.256 e. The lowest BCUT2D eigenvalue weighted by molar-refractivity contribution is -0.113. The highest BCUT2D eigenvalue weighted by atomic mass is 79.9. The van der Waals surface area contributed by atoms with Crippen molar-refractivity contribution in [3.05, 3.63) is 70.5 Å². The van der Waals surface area contributed by atoms with Gasteiger partial charge in [0.15, 0.2) is 4.67 Å². The number of carbonyl (C=O) groups excluding carboxylic acids is 1. The maximum atomic E-state index is 13.0. The van der Waals surface area contributed by atoms with E-state index >= 15 is 0 Å². The van der Waals surface area contributed by atoms with Crippen LogP contribution in [0, 0.1) is 0 Å². The quantitative estimate of drug-likeness (QED) is 0.703. The van der Waals surface area contributed by atoms with Gasteiger partial charge in [-0.25, -0.2) is 4.68 Å². The molecule has 0 saturated carbocycles. The molecule has 8 heteroatoms. The Kier molecular flexibility index (Phi) is 3.89. The number of anilines is 2. The van der Waals surface area contributed by atoms with E-state index in [1.165, 1.54) is 6.33 Å². The normalized spacial score (nSPS) is 16.3. The number of allylic oxidation sites excluding steroid dienone is 1. The van der Waals surface area contributed by atoms with E-state index in [2.05, 4.69) is 36.6 Å². The van der Waals surface area contributed by atoms with Crippen LogP contribution in [0.15, 0.2) is 69.1 Å². The molecular weight excluding hydrogens is 386 g/mol. The standard InChI is InChI=1S/C17H14BrN5O2/c1-10-14(16(24)22-11-5-3-2-4-6-11)15(12-7-8-13(18)25-12)23-17(21-10)19-9-20-23/h2-9,15H,1H3,(H,22,24)(H,19,20,21). The van der Waals surface area contributed by atoms with Gasteiger partial charge in [-0.05, 0) is 47.1 Å². The summed E-state index contributed by atoms with van der Waals surface area (Å²) in [5, 5.41) is 10.3. The Morgan fingerprint density at radius 2 is 2.08 bits per heavy atom. The summed E-state index contributed by atoms with van der Waals surface area (Å²) in [6, 6.07) is 12.4. The summed E-state index contributed by atoms with van der Waals surface area (Å²) in [5.74, 6) is 0.929. The summed E-state index contributed by atoms with van der Waals surface area (Å²) in [6.07, 6.45) is 1.44. The van der Waals surface area contributed by atoms with Gasteiger partial charge >= 0.3 is 0 Å². The first-order valence-electron chi connectivity index (χ1n) is 7.62. The molecule has 3 heterocycles. The minimum Gasteiger partial charge on any atom is -0.452 e. The summed E-state index contributed by atoms with van der Waals surface area (Å²) >= 11 is 3.31. The molecule has 1 amide bonds. The third-order valence-corrected chi connectivity index (χ3v) is 4.36. The Hall–Kier alpha value is -2.87. The number of furan rings is 1. The number of amides is 1. The third-order valence-electron chi connectivity index (χ3n) is 3.93. The molecule has 0 aliphatic carbocycles. The number of rotatable bonds is 3. The number of halogens is 1. The van der Waals surface area contributed by atoms with Crippen molar-refractivity contribution in [2.24, 2.45) is 0 Å². The van der Waals surface area contributed by atoms with Crippen LogP contribution >= 0.6 is 15.9 Å². The van der Waals surface area contributed by atoms with Gasteiger partial charge in [0.05, 0.1) is 5.57 Å². The average Bonchev–Trinajstić information content (AvgIpc) is 3.23. The number of hydrogen-bond donors (Lipinski definition) is 2. The predicted molar refractivity (Wildman–Crippen MR) is 96.0 cm³/mol. The molecule has 1 aromatic carbocycles. The maximum absolute atomic E-state index is 13.0. The monoisotopic (exact) mass is 399 g/mol. The van der Waals surface area contributed by atoms with E-state index in [9.17, 15) is 4.79 Å². The van der Waals surface area contributed by atoms with E-state index in [0.717, 1.165) is 5.69 Å². The molecule has 2 N–H and O–H groups in total. The number of hydrogen-bond acceptors (Lipinski definition) is 5. The van der Waals surface area contributed by atoms with Crippen molar-refractivity contribution in [2.75, 3.05) is 10.6 Å². The van der Waals surface area contributed by atoms with Crippen LogP contribution in [0.5, 0.6) is 0 Å². The molecule has 0 bridgehead atoms. The molecular formula is C17H14BrN5O2. The highest BCUT2D eigenvalue weighted by Crippen LogP contribution is 2.36. The molecule has 1 aliphatic rings. The van der Waals surface area contributed by atoms with E-state index in [-0.39, 0.29) is 5.91 Å². The van der Waals surface area contributed by atoms with Crippen molar-refractivity contribution in [2.45, 2.75) is 13.0 Å². The van der Waals surface area contributed by atoms with Crippen molar-refractivity contribution in [1.29, 1.82) is 0 Å². The zero-order valence-corrected chi connectivity index (χ0v) is 14.8. The predicted octanol–water partition coefficient (Wildman–Crippen LogP) is 3.56. The van der Waals surface area contributed by atoms with Crippen molar-refractivity contribution in [1.82, 2.24) is 14.8 Å². The van der Waals surface area contributed by atoms with E-state index in [1.807, 2.05) is 43.3 Å². The average molecular weight is 400 g/mol. The molecule has 126 valence electrons. The Morgan fingerprint density at radius 1 is 1.28 bits per heavy atom. The van der Waals surface area contributed by atoms with Gasteiger partial charge in [-0.3, -0.25) is 4.79 Å². The SMILES string of the molecule is CC1=C(C(=O)Nc2ccccc2)C(c2ccc(Br)o2)n2ncnc2N1. The fourth-order valence-electron chi connectivity index (χ4n) is 2.84. The van der Waals surface area contributed by atoms with Gasteiger partial charge in [0.25, 0.3) is 5.91 Å². The lowest BCUT2D eigenvalue weighted by Gasteiger charge is -2.27. The Morgan fingerprint density at radius 3 is 2.80 bits per heavy atom. The van der Waals surface area contributed by atoms with Gasteiger partial charge < -0.3 is 15.1 Å². The molecule has 3 aromatic rings. The van der Waals surface area contributed by atoms with Crippen LogP contribution in [0.3, 0.4) is 0 Å². The highest BCUT2D eigenvalue weighted by molar-refractivity contribution is 9.10. The molecule has 0 spiro atoms. The number of fused-ring (bicyclic) bond motifs is 1. The first kappa shape index (κ1) is 15.6. The zero-order chi connectivity index (χ0) is 17.4. The first-order chi connectivity index (χ1) is 12.1. The summed E-state index contributed by atoms with van der Waals surface area (Å²) < 4.78 is 7.94. The number of nitrogens with one attached hydrogen (secondary N) is 2. The molecule has 0 radical (unpaired) electrons. The van der Waals surface area contributed by atoms with Gasteiger partial charge in [0.1, 0.15) is 18.1 Å². The lowest BCUT2D eigenvalue weighted by atomic mass is 10.00. The van der Waals surface area contributed by atoms with Crippen LogP contribution < -0.4 is 10.6 Å². The second kappa shape index (κ2) is 6.21. The minimum absolute atomic E-state index is 0.227. The lowest BCUT2D eigenvalue weighted by Crippen LogP contribution is -2.31. The van der Waals surface area contributed by atoms with Gasteiger partial charge in [0, 0.05) is 11.4 Å². The van der Waals surface area contributed by atoms with Gasteiger partial charge in [-0.15, -0.1) is 0 Å². The van der Waals surface area contributed by atoms with Crippen LogP contribution in [0.25, 0.3) is 0 Å². The number of para-hydroxylation sites is 1. The zero-order valence-electron chi connectivity index (χ0n) is 13.2. The molecule has 4 rings (SSSR count). The highest BCUT2D eigenvalue weighted by Gasteiger charge is 2.35. The number of nitrogens with zero attached hydrogens (tertiary/aromatic N) is 3. The van der Waals surface area contributed by atoms with Crippen molar-refractivity contribution >= 4 is 33.5 Å². The van der Waals surface area contributed by atoms with Crippen molar-refractivity contribution in [3.63, 3.8) is 0 Å². The van der Waals surface area contributed by atoms with Crippen LogP contribution in [0.4, 0.5) is 11.6 Å². The molecule has 7 nitrogen and oxygen atoms in total. The van der Waals surface area contributed by atoms with E-state index < -0.39 is 6.04 Å². The van der Waals surface area contributed by atoms with E-state index in [0.29, 0.717) is 27.6 Å². The summed E-state index contributed by atoms with van der Waals surface area (Å²) in [4.78, 5) is 17.2. The Labute approximate surface area is 151 Å². The van der Waals surface area contributed by atoms with Gasteiger partial charge in [-0.1, -0.05) is 18.2 Å². The number of aromatic nitrogens is 3. The second-order valence-electron chi connectivity index (χ2n) is 5.56. The Balaban J connectivity index is 1.76. The summed E-state index contributed by atoms with van der Waals surface area (Å²) in [6.45, 7) is 1.84. The van der Waals surface area contributed by atoms with Gasteiger partial charge in [0.2, 0.25) is 5.95 Å². The summed E-state index contributed by atoms with van der Waals surface area (Å²) in [7, 11) is 0. The number of carbonyl (C=O) groups is 1. The molecule has 1 atom stereocenters. The molecule has 25 heavy (non-hydrogen) atoms. The van der Waals surface area contributed by atoms with Gasteiger partial charge in [-0.2, -0.15) is 10.1 Å². The van der Waals surface area contributed by atoms with E-state index in [4.69, 9.17) is 4.42 Å². The van der Waals surface area contributed by atoms with E-state index in [1.54, 1.807) is 10.7 Å². The number of benzene rings is 1. The fraction of sp³-hybridized carbons (Fsp3) is 0.118. The Bertz CT molecular complexity index is 960. The smallest absolute Gasteiger partial charge is 0.256 e. The molecule has 0 saturated heterocycles. The minimum atomic E-state index is -0.506. The van der Waals surface area contributed by atoms with Crippen LogP contribution in [-0.4, -0.2) is 20.7 Å². The van der Waals surface area contributed by atoms with Crippen LogP contribution in [0.2, 0.25) is 0 Å². The summed E-state index contributed by atoms with van der Waals surface area (Å²) in [5.41, 5.74) is 1.94. The topological polar surface area (TPSA) is 85.0 Å². The third kappa shape index (κ3) is 2.85. The van der Waals surface area contributed by atoms with Crippen LogP contribution in [0.1, 0.15) is 18.7 Å². The molecule has 1 unspecified atom stereocenters. The molecule has 0 fully saturated rings. The largest absolute Gasteiger partial charge is 0.452 e.